The van der Waals surface area contributed by atoms with E-state index in [1.807, 2.05) is 29.2 Å². The molecule has 144 valence electrons. The van der Waals surface area contributed by atoms with Crippen molar-refractivity contribution in [3.05, 3.63) is 59.0 Å². The van der Waals surface area contributed by atoms with Gasteiger partial charge < -0.3 is 14.1 Å². The molecule has 1 aromatic carbocycles. The van der Waals surface area contributed by atoms with E-state index >= 15 is 0 Å². The van der Waals surface area contributed by atoms with Gasteiger partial charge in [-0.3, -0.25) is 9.69 Å². The molecule has 0 saturated carbocycles. The number of rotatable bonds is 5. The molecule has 2 aliphatic heterocycles. The maximum Gasteiger partial charge on any atom is 0.289 e. The van der Waals surface area contributed by atoms with Gasteiger partial charge in [-0.2, -0.15) is 0 Å². The molecule has 3 heterocycles. The largest absolute Gasteiger partial charge is 0.456 e. The summed E-state index contributed by atoms with van der Waals surface area (Å²) >= 11 is 0. The first kappa shape index (κ1) is 18.3. The number of hydrogen-bond donors (Lipinski definition) is 0. The molecular weight excluding hydrogens is 340 g/mol. The molecule has 1 amide bonds. The Balaban J connectivity index is 1.47. The number of morpholine rings is 1. The Labute approximate surface area is 160 Å². The van der Waals surface area contributed by atoms with Crippen molar-refractivity contribution in [3.8, 4) is 0 Å². The molecule has 2 aromatic rings. The molecule has 5 heteroatoms. The Morgan fingerprint density at radius 1 is 1.15 bits per heavy atom. The molecule has 0 radical (unpaired) electrons. The number of likely N-dealkylation sites (tertiary alicyclic amines) is 1. The number of aryl methyl sites for hydroxylation is 1. The van der Waals surface area contributed by atoms with E-state index in [1.165, 1.54) is 12.8 Å². The zero-order chi connectivity index (χ0) is 18.6. The molecule has 0 N–H and O–H groups in total. The van der Waals surface area contributed by atoms with Gasteiger partial charge in [0.2, 0.25) is 0 Å². The van der Waals surface area contributed by atoms with Crippen molar-refractivity contribution in [2.45, 2.75) is 38.8 Å². The number of carbonyl (C=O) groups excluding carboxylic acids is 1. The zero-order valence-corrected chi connectivity index (χ0v) is 16.0. The Kier molecular flexibility index (Phi) is 5.60. The van der Waals surface area contributed by atoms with Gasteiger partial charge in [0, 0.05) is 25.1 Å². The third-order valence-electron chi connectivity index (χ3n) is 5.55. The molecule has 1 aromatic heterocycles. The van der Waals surface area contributed by atoms with Gasteiger partial charge in [-0.1, -0.05) is 37.3 Å². The quantitative estimate of drug-likeness (QED) is 0.808. The summed E-state index contributed by atoms with van der Waals surface area (Å²) in [4.78, 5) is 17.4. The minimum atomic E-state index is -0.0754. The smallest absolute Gasteiger partial charge is 0.289 e. The van der Waals surface area contributed by atoms with Crippen LogP contribution in [0, 0.1) is 0 Å². The van der Waals surface area contributed by atoms with Crippen LogP contribution >= 0.6 is 0 Å². The number of benzene rings is 1. The van der Waals surface area contributed by atoms with Crippen LogP contribution in [0.3, 0.4) is 0 Å². The third-order valence-corrected chi connectivity index (χ3v) is 5.55. The van der Waals surface area contributed by atoms with Crippen molar-refractivity contribution in [2.24, 2.45) is 0 Å². The van der Waals surface area contributed by atoms with Gasteiger partial charge >= 0.3 is 0 Å². The van der Waals surface area contributed by atoms with Gasteiger partial charge in [-0.25, -0.2) is 0 Å². The normalized spacial score (nSPS) is 20.9. The first-order valence-corrected chi connectivity index (χ1v) is 10.0. The highest BCUT2D eigenvalue weighted by Crippen LogP contribution is 2.25. The molecule has 2 aliphatic rings. The summed E-state index contributed by atoms with van der Waals surface area (Å²) in [6, 6.07) is 12.1. The predicted molar refractivity (Wildman–Crippen MR) is 104 cm³/mol. The fourth-order valence-electron chi connectivity index (χ4n) is 4.05. The molecule has 0 spiro atoms. The van der Waals surface area contributed by atoms with E-state index in [2.05, 4.69) is 24.0 Å². The zero-order valence-electron chi connectivity index (χ0n) is 16.0. The standard InChI is InChI=1S/C22H28N2O3/c1-2-19-18(15-23-10-6-7-11-23)14-20(27-19)22(25)24-12-13-26-21(16-24)17-8-4-3-5-9-17/h3-5,8-9,14,21H,2,6-7,10-13,15-16H2,1H3. The summed E-state index contributed by atoms with van der Waals surface area (Å²) in [5.74, 6) is 1.38. The second-order valence-corrected chi connectivity index (χ2v) is 7.42. The molecule has 5 nitrogen and oxygen atoms in total. The Hall–Kier alpha value is -2.11. The van der Waals surface area contributed by atoms with E-state index in [4.69, 9.17) is 9.15 Å². The summed E-state index contributed by atoms with van der Waals surface area (Å²) in [6.45, 7) is 6.96. The Bertz CT molecular complexity index is 765. The second-order valence-electron chi connectivity index (χ2n) is 7.42. The van der Waals surface area contributed by atoms with Crippen LogP contribution < -0.4 is 0 Å². The lowest BCUT2D eigenvalue weighted by Gasteiger charge is -2.32. The van der Waals surface area contributed by atoms with Gasteiger partial charge in [-0.15, -0.1) is 0 Å². The highest BCUT2D eigenvalue weighted by atomic mass is 16.5. The fraction of sp³-hybridized carbons (Fsp3) is 0.500. The lowest BCUT2D eigenvalue weighted by molar-refractivity contribution is -0.0238. The molecule has 0 bridgehead atoms. The van der Waals surface area contributed by atoms with E-state index in [-0.39, 0.29) is 12.0 Å². The fourth-order valence-corrected chi connectivity index (χ4v) is 4.05. The average Bonchev–Trinajstić information content (AvgIpc) is 3.38. The molecule has 2 fully saturated rings. The van der Waals surface area contributed by atoms with Crippen molar-refractivity contribution in [2.75, 3.05) is 32.8 Å². The second kappa shape index (κ2) is 8.28. The maximum atomic E-state index is 13.1. The molecule has 2 saturated heterocycles. The topological polar surface area (TPSA) is 45.9 Å². The summed E-state index contributed by atoms with van der Waals surface area (Å²) in [5, 5.41) is 0. The third kappa shape index (κ3) is 4.09. The van der Waals surface area contributed by atoms with E-state index < -0.39 is 0 Å². The lowest BCUT2D eigenvalue weighted by atomic mass is 10.1. The first-order valence-electron chi connectivity index (χ1n) is 10.0. The van der Waals surface area contributed by atoms with Crippen LogP contribution in [0.4, 0.5) is 0 Å². The maximum absolute atomic E-state index is 13.1. The van der Waals surface area contributed by atoms with Crippen LogP contribution in [0.2, 0.25) is 0 Å². The van der Waals surface area contributed by atoms with E-state index in [0.717, 1.165) is 42.9 Å². The van der Waals surface area contributed by atoms with Crippen molar-refractivity contribution in [3.63, 3.8) is 0 Å². The summed E-state index contributed by atoms with van der Waals surface area (Å²) in [7, 11) is 0. The number of carbonyl (C=O) groups is 1. The summed E-state index contributed by atoms with van der Waals surface area (Å²) in [5.41, 5.74) is 2.27. The average molecular weight is 368 g/mol. The Morgan fingerprint density at radius 3 is 2.67 bits per heavy atom. The molecule has 27 heavy (non-hydrogen) atoms. The van der Waals surface area contributed by atoms with Gasteiger partial charge in [0.15, 0.2) is 5.76 Å². The van der Waals surface area contributed by atoms with Crippen molar-refractivity contribution >= 4 is 5.91 Å². The number of ether oxygens (including phenoxy) is 1. The predicted octanol–water partition coefficient (Wildman–Crippen LogP) is 3.65. The number of amides is 1. The molecule has 0 aliphatic carbocycles. The van der Waals surface area contributed by atoms with Crippen molar-refractivity contribution in [1.82, 2.24) is 9.80 Å². The van der Waals surface area contributed by atoms with Gasteiger partial charge in [0.1, 0.15) is 11.9 Å². The van der Waals surface area contributed by atoms with Crippen LogP contribution in [0.15, 0.2) is 40.8 Å². The monoisotopic (exact) mass is 368 g/mol. The van der Waals surface area contributed by atoms with Crippen LogP contribution in [0.5, 0.6) is 0 Å². The van der Waals surface area contributed by atoms with Crippen molar-refractivity contribution < 1.29 is 13.9 Å². The van der Waals surface area contributed by atoms with Gasteiger partial charge in [-0.05, 0) is 37.6 Å². The van der Waals surface area contributed by atoms with Crippen molar-refractivity contribution in [1.29, 1.82) is 0 Å². The minimum absolute atomic E-state index is 0.0263. The van der Waals surface area contributed by atoms with Gasteiger partial charge in [0.25, 0.3) is 5.91 Å². The van der Waals surface area contributed by atoms with E-state index in [0.29, 0.717) is 25.5 Å². The van der Waals surface area contributed by atoms with Gasteiger partial charge in [0.05, 0.1) is 13.2 Å². The number of hydrogen-bond acceptors (Lipinski definition) is 4. The lowest BCUT2D eigenvalue weighted by Crippen LogP contribution is -2.42. The van der Waals surface area contributed by atoms with Crippen LogP contribution in [-0.4, -0.2) is 48.5 Å². The van der Waals surface area contributed by atoms with Crippen LogP contribution in [0.1, 0.15) is 53.3 Å². The van der Waals surface area contributed by atoms with E-state index in [9.17, 15) is 4.79 Å². The molecule has 1 atom stereocenters. The number of furan rings is 1. The number of nitrogens with zero attached hydrogens (tertiary/aromatic N) is 2. The van der Waals surface area contributed by atoms with Crippen LogP contribution in [-0.2, 0) is 17.7 Å². The molecule has 4 rings (SSSR count). The minimum Gasteiger partial charge on any atom is -0.456 e. The molecule has 1 unspecified atom stereocenters. The van der Waals surface area contributed by atoms with Crippen LogP contribution in [0.25, 0.3) is 0 Å². The SMILES string of the molecule is CCc1oc(C(=O)N2CCOC(c3ccccc3)C2)cc1CN1CCCC1. The summed E-state index contributed by atoms with van der Waals surface area (Å²) in [6.07, 6.45) is 3.26. The highest BCUT2D eigenvalue weighted by Gasteiger charge is 2.29. The molecular formula is C22H28N2O3. The Morgan fingerprint density at radius 2 is 1.93 bits per heavy atom. The summed E-state index contributed by atoms with van der Waals surface area (Å²) < 4.78 is 11.9. The van der Waals surface area contributed by atoms with E-state index in [1.54, 1.807) is 0 Å². The highest BCUT2D eigenvalue weighted by molar-refractivity contribution is 5.92. The first-order chi connectivity index (χ1) is 13.2.